The maximum atomic E-state index is 5.47. The summed E-state index contributed by atoms with van der Waals surface area (Å²) < 4.78 is 12.0. The van der Waals surface area contributed by atoms with Gasteiger partial charge in [-0.25, -0.2) is 0 Å². The molecule has 0 radical (unpaired) electrons. The molecule has 3 rings (SSSR count). The Bertz CT molecular complexity index is 458. The monoisotopic (exact) mass is 325 g/mol. The van der Waals surface area contributed by atoms with Crippen LogP contribution in [0.4, 0.5) is 0 Å². The Labute approximate surface area is 123 Å². The smallest absolute Gasteiger partial charge is 0.231 e. The van der Waals surface area contributed by atoms with Gasteiger partial charge < -0.3 is 9.47 Å². The summed E-state index contributed by atoms with van der Waals surface area (Å²) in [4.78, 5) is 2.58. The van der Waals surface area contributed by atoms with Crippen LogP contribution in [0.15, 0.2) is 16.6 Å². The van der Waals surface area contributed by atoms with Crippen molar-refractivity contribution in [2.75, 3.05) is 13.3 Å². The van der Waals surface area contributed by atoms with E-state index in [2.05, 4.69) is 33.8 Å². The maximum Gasteiger partial charge on any atom is 0.231 e. The molecule has 1 heterocycles. The van der Waals surface area contributed by atoms with Crippen molar-refractivity contribution in [3.05, 3.63) is 22.2 Å². The minimum absolute atomic E-state index is 0.339. The highest BCUT2D eigenvalue weighted by molar-refractivity contribution is 9.10. The maximum absolute atomic E-state index is 5.47. The molecule has 0 N–H and O–H groups in total. The van der Waals surface area contributed by atoms with Gasteiger partial charge in [0.05, 0.1) is 0 Å². The normalized spacial score (nSPS) is 18.5. The van der Waals surface area contributed by atoms with Crippen LogP contribution >= 0.6 is 15.9 Å². The molecule has 1 aromatic rings. The first kappa shape index (κ1) is 13.3. The second-order valence-corrected chi connectivity index (χ2v) is 6.15. The van der Waals surface area contributed by atoms with Crippen molar-refractivity contribution in [2.24, 2.45) is 0 Å². The third-order valence-electron chi connectivity index (χ3n) is 4.16. The van der Waals surface area contributed by atoms with Crippen LogP contribution in [0.2, 0.25) is 0 Å². The van der Waals surface area contributed by atoms with Crippen molar-refractivity contribution in [3.8, 4) is 11.5 Å². The van der Waals surface area contributed by atoms with Gasteiger partial charge in [0.25, 0.3) is 0 Å². The van der Waals surface area contributed by atoms with Gasteiger partial charge in [-0.15, -0.1) is 0 Å². The number of hydrogen-bond donors (Lipinski definition) is 0. The molecule has 1 saturated carbocycles. The molecule has 0 aromatic heterocycles. The van der Waals surface area contributed by atoms with E-state index in [0.29, 0.717) is 6.79 Å². The van der Waals surface area contributed by atoms with E-state index < -0.39 is 0 Å². The molecule has 104 valence electrons. The minimum Gasteiger partial charge on any atom is -0.454 e. The van der Waals surface area contributed by atoms with Crippen molar-refractivity contribution in [3.63, 3.8) is 0 Å². The molecule has 0 amide bonds. The topological polar surface area (TPSA) is 21.7 Å². The molecule has 1 fully saturated rings. The molecule has 3 nitrogen and oxygen atoms in total. The Morgan fingerprint density at radius 1 is 1.21 bits per heavy atom. The number of halogens is 1. The highest BCUT2D eigenvalue weighted by Gasteiger charge is 2.23. The highest BCUT2D eigenvalue weighted by Crippen LogP contribution is 2.38. The lowest BCUT2D eigenvalue weighted by atomic mass is 10.1. The van der Waals surface area contributed by atoms with Gasteiger partial charge in [-0.3, -0.25) is 4.90 Å². The zero-order valence-electron chi connectivity index (χ0n) is 11.3. The van der Waals surface area contributed by atoms with E-state index in [0.717, 1.165) is 35.1 Å². The summed E-state index contributed by atoms with van der Waals surface area (Å²) in [5.74, 6) is 1.72. The van der Waals surface area contributed by atoms with E-state index in [1.165, 1.54) is 31.2 Å². The Morgan fingerprint density at radius 3 is 2.58 bits per heavy atom. The Hall–Kier alpha value is -0.740. The standard InChI is InChI=1S/C15H20BrNO2/c1-2-17(12-5-3-4-6-12)9-11-7-14-15(8-13(11)16)19-10-18-14/h7-8,12H,2-6,9-10H2,1H3. The zero-order valence-corrected chi connectivity index (χ0v) is 12.9. The van der Waals surface area contributed by atoms with Gasteiger partial charge in [0, 0.05) is 17.1 Å². The van der Waals surface area contributed by atoms with E-state index in [1.54, 1.807) is 0 Å². The third-order valence-corrected chi connectivity index (χ3v) is 4.90. The van der Waals surface area contributed by atoms with E-state index >= 15 is 0 Å². The van der Waals surface area contributed by atoms with Crippen LogP contribution in [-0.4, -0.2) is 24.3 Å². The van der Waals surface area contributed by atoms with Crippen molar-refractivity contribution in [2.45, 2.75) is 45.2 Å². The molecule has 0 unspecified atom stereocenters. The Balaban J connectivity index is 1.78. The van der Waals surface area contributed by atoms with Crippen molar-refractivity contribution in [1.82, 2.24) is 4.90 Å². The van der Waals surface area contributed by atoms with E-state index in [-0.39, 0.29) is 0 Å². The second-order valence-electron chi connectivity index (χ2n) is 5.30. The number of nitrogens with zero attached hydrogens (tertiary/aromatic N) is 1. The zero-order chi connectivity index (χ0) is 13.2. The van der Waals surface area contributed by atoms with E-state index in [9.17, 15) is 0 Å². The van der Waals surface area contributed by atoms with Crippen LogP contribution in [0.25, 0.3) is 0 Å². The lowest BCUT2D eigenvalue weighted by molar-refractivity contribution is 0.173. The predicted octanol–water partition coefficient (Wildman–Crippen LogP) is 3.94. The first-order valence-electron chi connectivity index (χ1n) is 7.10. The average molecular weight is 326 g/mol. The van der Waals surface area contributed by atoms with Crippen LogP contribution in [0.1, 0.15) is 38.2 Å². The van der Waals surface area contributed by atoms with Crippen LogP contribution in [0.3, 0.4) is 0 Å². The summed E-state index contributed by atoms with van der Waals surface area (Å²) in [5, 5.41) is 0. The van der Waals surface area contributed by atoms with Crippen molar-refractivity contribution in [1.29, 1.82) is 0 Å². The molecular weight excluding hydrogens is 306 g/mol. The molecule has 0 spiro atoms. The van der Waals surface area contributed by atoms with Gasteiger partial charge in [0.15, 0.2) is 11.5 Å². The Morgan fingerprint density at radius 2 is 1.89 bits per heavy atom. The first-order chi connectivity index (χ1) is 9.28. The van der Waals surface area contributed by atoms with Crippen molar-refractivity contribution >= 4 is 15.9 Å². The molecule has 2 aliphatic rings. The fourth-order valence-electron chi connectivity index (χ4n) is 3.07. The van der Waals surface area contributed by atoms with Gasteiger partial charge in [0.1, 0.15) is 0 Å². The van der Waals surface area contributed by atoms with Gasteiger partial charge in [-0.05, 0) is 37.1 Å². The highest BCUT2D eigenvalue weighted by atomic mass is 79.9. The number of rotatable bonds is 4. The number of fused-ring (bicyclic) bond motifs is 1. The van der Waals surface area contributed by atoms with Gasteiger partial charge in [-0.1, -0.05) is 35.7 Å². The van der Waals surface area contributed by atoms with Crippen LogP contribution in [-0.2, 0) is 6.54 Å². The molecule has 19 heavy (non-hydrogen) atoms. The largest absolute Gasteiger partial charge is 0.454 e. The SMILES string of the molecule is CCN(Cc1cc2c(cc1Br)OCO2)C1CCCC1. The molecule has 1 aliphatic heterocycles. The molecule has 1 aromatic carbocycles. The Kier molecular flexibility index (Phi) is 3.99. The molecule has 4 heteroatoms. The minimum atomic E-state index is 0.339. The van der Waals surface area contributed by atoms with Gasteiger partial charge in [-0.2, -0.15) is 0 Å². The summed E-state index contributed by atoms with van der Waals surface area (Å²) in [6.45, 7) is 4.68. The lowest BCUT2D eigenvalue weighted by Crippen LogP contribution is -2.32. The fraction of sp³-hybridized carbons (Fsp3) is 0.600. The van der Waals surface area contributed by atoms with Crippen LogP contribution in [0.5, 0.6) is 11.5 Å². The van der Waals surface area contributed by atoms with Crippen LogP contribution < -0.4 is 9.47 Å². The summed E-state index contributed by atoms with van der Waals surface area (Å²) in [6, 6.07) is 4.90. The predicted molar refractivity (Wildman–Crippen MR) is 78.6 cm³/mol. The molecule has 0 saturated heterocycles. The number of benzene rings is 1. The molecular formula is C15H20BrNO2. The van der Waals surface area contributed by atoms with E-state index in [4.69, 9.17) is 9.47 Å². The summed E-state index contributed by atoms with van der Waals surface area (Å²) >= 11 is 3.65. The summed E-state index contributed by atoms with van der Waals surface area (Å²) in [7, 11) is 0. The number of hydrogen-bond acceptors (Lipinski definition) is 3. The van der Waals surface area contributed by atoms with Crippen LogP contribution in [0, 0.1) is 0 Å². The van der Waals surface area contributed by atoms with Crippen molar-refractivity contribution < 1.29 is 9.47 Å². The summed E-state index contributed by atoms with van der Waals surface area (Å²) in [6.07, 6.45) is 5.44. The van der Waals surface area contributed by atoms with Gasteiger partial charge in [0.2, 0.25) is 6.79 Å². The second kappa shape index (κ2) is 5.71. The quantitative estimate of drug-likeness (QED) is 0.836. The third kappa shape index (κ3) is 2.75. The average Bonchev–Trinajstić information content (AvgIpc) is 3.06. The number of ether oxygens (including phenoxy) is 2. The summed E-state index contributed by atoms with van der Waals surface area (Å²) in [5.41, 5.74) is 1.29. The fourth-order valence-corrected chi connectivity index (χ4v) is 3.52. The molecule has 1 aliphatic carbocycles. The lowest BCUT2D eigenvalue weighted by Gasteiger charge is -2.27. The molecule has 0 bridgehead atoms. The molecule has 0 atom stereocenters. The van der Waals surface area contributed by atoms with Gasteiger partial charge >= 0.3 is 0 Å². The first-order valence-corrected chi connectivity index (χ1v) is 7.89. The van der Waals surface area contributed by atoms with E-state index in [1.807, 2.05) is 6.07 Å².